The van der Waals surface area contributed by atoms with Crippen LogP contribution in [0.5, 0.6) is 0 Å². The SMILES string of the molecule is C=C1C[C@@]23[CH][C@@H](O)[C@H]4[C@@](C)(CCC[C@@]4(C)C(=O)O)[C@@H]2CC[C@@H]1C3. The Hall–Kier alpha value is -0.830. The number of carbonyl (C=O) groups is 1. The van der Waals surface area contributed by atoms with Crippen molar-refractivity contribution in [1.29, 1.82) is 0 Å². The van der Waals surface area contributed by atoms with Crippen molar-refractivity contribution < 1.29 is 15.0 Å². The quantitative estimate of drug-likeness (QED) is 0.723. The molecule has 4 fully saturated rings. The second kappa shape index (κ2) is 4.62. The highest BCUT2D eigenvalue weighted by Gasteiger charge is 2.67. The molecule has 0 aromatic heterocycles. The predicted molar refractivity (Wildman–Crippen MR) is 88.5 cm³/mol. The van der Waals surface area contributed by atoms with Gasteiger partial charge in [-0.2, -0.15) is 0 Å². The summed E-state index contributed by atoms with van der Waals surface area (Å²) in [6.07, 6.45) is 8.72. The van der Waals surface area contributed by atoms with Gasteiger partial charge < -0.3 is 10.2 Å². The van der Waals surface area contributed by atoms with Crippen molar-refractivity contribution >= 4 is 5.97 Å². The summed E-state index contributed by atoms with van der Waals surface area (Å²) in [6, 6.07) is 0. The van der Waals surface area contributed by atoms with Crippen molar-refractivity contribution in [1.82, 2.24) is 0 Å². The number of allylic oxidation sites excluding steroid dienone is 1. The van der Waals surface area contributed by atoms with Crippen LogP contribution in [0, 0.1) is 40.4 Å². The van der Waals surface area contributed by atoms with E-state index in [0.29, 0.717) is 18.3 Å². The van der Waals surface area contributed by atoms with Crippen molar-refractivity contribution in [2.75, 3.05) is 0 Å². The number of aliphatic hydroxyl groups excluding tert-OH is 1. The fourth-order valence-electron chi connectivity index (χ4n) is 7.41. The van der Waals surface area contributed by atoms with Gasteiger partial charge >= 0.3 is 5.97 Å². The number of carboxylic acid groups (broad SMARTS) is 1. The number of aliphatic hydroxyl groups is 1. The summed E-state index contributed by atoms with van der Waals surface area (Å²) in [5, 5.41) is 20.9. The third-order valence-electron chi connectivity index (χ3n) is 8.20. The number of hydrogen-bond donors (Lipinski definition) is 2. The zero-order chi connectivity index (χ0) is 16.6. The molecule has 3 heteroatoms. The van der Waals surface area contributed by atoms with Crippen LogP contribution in [0.2, 0.25) is 0 Å². The molecule has 1 spiro atoms. The van der Waals surface area contributed by atoms with Gasteiger partial charge in [0.2, 0.25) is 0 Å². The summed E-state index contributed by atoms with van der Waals surface area (Å²) in [5.41, 5.74) is 0.544. The summed E-state index contributed by atoms with van der Waals surface area (Å²) in [5.74, 6) is 0.214. The molecular weight excluding hydrogens is 288 g/mol. The first-order valence-electron chi connectivity index (χ1n) is 9.18. The maximum atomic E-state index is 12.0. The Morgan fingerprint density at radius 3 is 2.74 bits per heavy atom. The van der Waals surface area contributed by atoms with E-state index >= 15 is 0 Å². The van der Waals surface area contributed by atoms with E-state index in [-0.39, 0.29) is 16.7 Å². The maximum absolute atomic E-state index is 12.0. The topological polar surface area (TPSA) is 57.5 Å². The number of rotatable bonds is 1. The molecule has 2 N–H and O–H groups in total. The Morgan fingerprint density at radius 1 is 1.30 bits per heavy atom. The van der Waals surface area contributed by atoms with Crippen molar-refractivity contribution in [3.8, 4) is 0 Å². The molecule has 4 saturated carbocycles. The summed E-state index contributed by atoms with van der Waals surface area (Å²) in [4.78, 5) is 12.0. The average molecular weight is 317 g/mol. The van der Waals surface area contributed by atoms with Crippen LogP contribution in [0.15, 0.2) is 12.2 Å². The molecule has 4 rings (SSSR count). The van der Waals surface area contributed by atoms with E-state index in [2.05, 4.69) is 19.9 Å². The van der Waals surface area contributed by atoms with E-state index in [4.69, 9.17) is 0 Å². The Kier molecular flexibility index (Phi) is 3.15. The van der Waals surface area contributed by atoms with Crippen molar-refractivity contribution in [3.05, 3.63) is 18.6 Å². The first kappa shape index (κ1) is 15.7. The van der Waals surface area contributed by atoms with Crippen LogP contribution in [-0.4, -0.2) is 22.3 Å². The van der Waals surface area contributed by atoms with Gasteiger partial charge in [-0.25, -0.2) is 0 Å². The lowest BCUT2D eigenvalue weighted by Gasteiger charge is -2.64. The van der Waals surface area contributed by atoms with Gasteiger partial charge in [0.05, 0.1) is 11.5 Å². The minimum Gasteiger partial charge on any atom is -0.481 e. The molecule has 127 valence electrons. The number of hydrogen-bond acceptors (Lipinski definition) is 2. The second-order valence-electron chi connectivity index (χ2n) is 9.32. The smallest absolute Gasteiger partial charge is 0.309 e. The minimum absolute atomic E-state index is 0.0709. The molecule has 0 heterocycles. The minimum atomic E-state index is -0.809. The van der Waals surface area contributed by atoms with Gasteiger partial charge in [-0.3, -0.25) is 4.79 Å². The molecular formula is C20H29O3. The molecule has 23 heavy (non-hydrogen) atoms. The van der Waals surface area contributed by atoms with Gasteiger partial charge in [0.15, 0.2) is 0 Å². The molecule has 4 aliphatic carbocycles. The van der Waals surface area contributed by atoms with Crippen molar-refractivity contribution in [2.45, 2.75) is 64.9 Å². The third-order valence-corrected chi connectivity index (χ3v) is 8.20. The van der Waals surface area contributed by atoms with Crippen LogP contribution in [0.1, 0.15) is 58.8 Å². The third kappa shape index (κ3) is 1.83. The van der Waals surface area contributed by atoms with E-state index < -0.39 is 17.5 Å². The summed E-state index contributed by atoms with van der Waals surface area (Å²) < 4.78 is 0. The summed E-state index contributed by atoms with van der Waals surface area (Å²) in [7, 11) is 0. The van der Waals surface area contributed by atoms with Gasteiger partial charge in [0.1, 0.15) is 0 Å². The lowest BCUT2D eigenvalue weighted by Crippen LogP contribution is -2.63. The Bertz CT molecular complexity index is 569. The van der Waals surface area contributed by atoms with Crippen LogP contribution >= 0.6 is 0 Å². The monoisotopic (exact) mass is 317 g/mol. The Balaban J connectivity index is 1.80. The molecule has 0 aliphatic heterocycles. The number of carboxylic acids is 1. The van der Waals surface area contributed by atoms with Crippen LogP contribution < -0.4 is 0 Å². The Labute approximate surface area is 139 Å². The standard InChI is InChI=1S/C20H29O3/c1-12-9-20-10-13(12)5-6-15(20)18(2)7-4-8-19(3,17(22)23)16(18)14(21)11-20/h11,13-16,21H,1,4-10H2,2-3H3,(H,22,23)/t13-,14-,15+,16+,18+,19-,20-/m1/s1. The molecule has 7 atom stereocenters. The highest BCUT2D eigenvalue weighted by Crippen LogP contribution is 2.71. The normalized spacial score (nSPS) is 55.2. The highest BCUT2D eigenvalue weighted by molar-refractivity contribution is 5.75. The van der Waals surface area contributed by atoms with Crippen molar-refractivity contribution in [2.24, 2.45) is 34.0 Å². The van der Waals surface area contributed by atoms with Crippen LogP contribution in [0.3, 0.4) is 0 Å². The molecule has 4 aliphatic rings. The summed E-state index contributed by atoms with van der Waals surface area (Å²) >= 11 is 0. The van der Waals surface area contributed by atoms with Crippen LogP contribution in [0.25, 0.3) is 0 Å². The molecule has 0 unspecified atom stereocenters. The second-order valence-corrected chi connectivity index (χ2v) is 9.32. The molecule has 0 aromatic carbocycles. The fourth-order valence-corrected chi connectivity index (χ4v) is 7.41. The van der Waals surface area contributed by atoms with E-state index in [1.165, 1.54) is 12.0 Å². The predicted octanol–water partition coefficient (Wildman–Crippen LogP) is 3.83. The van der Waals surface area contributed by atoms with Gasteiger partial charge in [-0.15, -0.1) is 0 Å². The molecule has 2 bridgehead atoms. The number of fused-ring (bicyclic) bond motifs is 3. The maximum Gasteiger partial charge on any atom is 0.309 e. The van der Waals surface area contributed by atoms with Crippen LogP contribution in [0.4, 0.5) is 0 Å². The van der Waals surface area contributed by atoms with E-state index in [9.17, 15) is 15.0 Å². The lowest BCUT2D eigenvalue weighted by molar-refractivity contribution is -0.193. The summed E-state index contributed by atoms with van der Waals surface area (Å²) in [6.45, 7) is 8.44. The molecule has 3 nitrogen and oxygen atoms in total. The van der Waals surface area contributed by atoms with Crippen molar-refractivity contribution in [3.63, 3.8) is 0 Å². The zero-order valence-corrected chi connectivity index (χ0v) is 14.3. The van der Waals surface area contributed by atoms with Gasteiger partial charge in [0, 0.05) is 5.92 Å². The van der Waals surface area contributed by atoms with E-state index in [1.54, 1.807) is 0 Å². The van der Waals surface area contributed by atoms with Gasteiger partial charge in [-0.1, -0.05) is 25.5 Å². The first-order chi connectivity index (χ1) is 10.7. The molecule has 0 aromatic rings. The molecule has 0 amide bonds. The first-order valence-corrected chi connectivity index (χ1v) is 9.18. The van der Waals surface area contributed by atoms with Gasteiger partial charge in [-0.05, 0) is 74.5 Å². The van der Waals surface area contributed by atoms with Crippen LogP contribution in [-0.2, 0) is 4.79 Å². The molecule has 0 saturated heterocycles. The molecule has 1 radical (unpaired) electrons. The van der Waals surface area contributed by atoms with E-state index in [0.717, 1.165) is 32.1 Å². The fraction of sp³-hybridized carbons (Fsp3) is 0.800. The van der Waals surface area contributed by atoms with Gasteiger partial charge in [0.25, 0.3) is 0 Å². The highest BCUT2D eigenvalue weighted by atomic mass is 16.4. The largest absolute Gasteiger partial charge is 0.481 e. The Morgan fingerprint density at radius 2 is 2.04 bits per heavy atom. The average Bonchev–Trinajstić information content (AvgIpc) is 2.67. The lowest BCUT2D eigenvalue weighted by atomic mass is 9.40. The van der Waals surface area contributed by atoms with E-state index in [1.807, 2.05) is 6.92 Å². The number of aliphatic carboxylic acids is 1. The zero-order valence-electron chi connectivity index (χ0n) is 14.3.